The molecule has 132 valence electrons. The van der Waals surface area contributed by atoms with Crippen molar-refractivity contribution in [3.8, 4) is 0 Å². The van der Waals surface area contributed by atoms with Crippen LogP contribution < -0.4 is 0 Å². The lowest BCUT2D eigenvalue weighted by Gasteiger charge is -2.39. The van der Waals surface area contributed by atoms with Crippen LogP contribution in [0.15, 0.2) is 54.7 Å². The Labute approximate surface area is 148 Å². The molecule has 1 aromatic carbocycles. The van der Waals surface area contributed by atoms with E-state index in [1.54, 1.807) is 13.1 Å². The SMILES string of the molecule is CCOC(=O)[C@@H]1CC[C@@](F)(Cc2ccccn2)C[C@H]1c1ccccc1. The van der Waals surface area contributed by atoms with Crippen molar-refractivity contribution in [3.05, 3.63) is 66.0 Å². The largest absolute Gasteiger partial charge is 0.466 e. The number of alkyl halides is 1. The minimum Gasteiger partial charge on any atom is -0.466 e. The van der Waals surface area contributed by atoms with Crippen molar-refractivity contribution in [1.82, 2.24) is 4.98 Å². The molecule has 3 atom stereocenters. The second-order valence-electron chi connectivity index (χ2n) is 6.77. The molecule has 1 aliphatic rings. The summed E-state index contributed by atoms with van der Waals surface area (Å²) in [4.78, 5) is 16.7. The molecule has 1 heterocycles. The van der Waals surface area contributed by atoms with E-state index in [9.17, 15) is 4.79 Å². The van der Waals surface area contributed by atoms with Crippen molar-refractivity contribution >= 4 is 5.97 Å². The number of benzene rings is 1. The summed E-state index contributed by atoms with van der Waals surface area (Å²) in [5.41, 5.74) is 0.410. The van der Waals surface area contributed by atoms with Gasteiger partial charge >= 0.3 is 5.97 Å². The molecule has 4 heteroatoms. The Morgan fingerprint density at radius 2 is 2.00 bits per heavy atom. The molecular formula is C21H24FNO2. The minimum absolute atomic E-state index is 0.164. The van der Waals surface area contributed by atoms with Crippen LogP contribution in [0.25, 0.3) is 0 Å². The van der Waals surface area contributed by atoms with Crippen LogP contribution in [-0.4, -0.2) is 23.2 Å². The van der Waals surface area contributed by atoms with Gasteiger partial charge in [-0.05, 0) is 43.9 Å². The summed E-state index contributed by atoms with van der Waals surface area (Å²) in [6.45, 7) is 2.16. The van der Waals surface area contributed by atoms with E-state index in [2.05, 4.69) is 4.98 Å². The van der Waals surface area contributed by atoms with Gasteiger partial charge in [0.1, 0.15) is 5.67 Å². The standard InChI is InChI=1S/C21H24FNO2/c1-2-25-20(24)18-11-12-21(22,14-17-10-6-7-13-23-17)15-19(18)16-8-4-3-5-9-16/h3-10,13,18-19H,2,11-12,14-15H2,1H3/t18-,19+,21-/m1/s1. The molecule has 0 aliphatic heterocycles. The summed E-state index contributed by atoms with van der Waals surface area (Å²) < 4.78 is 20.9. The monoisotopic (exact) mass is 341 g/mol. The Kier molecular flexibility index (Phi) is 5.47. The Bertz CT molecular complexity index is 692. The number of aromatic nitrogens is 1. The number of hydrogen-bond acceptors (Lipinski definition) is 3. The minimum atomic E-state index is -1.35. The third-order valence-corrected chi connectivity index (χ3v) is 5.02. The molecule has 0 amide bonds. The van der Waals surface area contributed by atoms with Crippen LogP contribution in [0.1, 0.15) is 43.4 Å². The highest BCUT2D eigenvalue weighted by molar-refractivity contribution is 5.74. The molecule has 0 N–H and O–H groups in total. The third kappa shape index (κ3) is 4.25. The van der Waals surface area contributed by atoms with Gasteiger partial charge in [0.2, 0.25) is 0 Å². The fraction of sp³-hybridized carbons (Fsp3) is 0.429. The maximum absolute atomic E-state index is 15.6. The highest BCUT2D eigenvalue weighted by atomic mass is 19.1. The molecule has 3 nitrogen and oxygen atoms in total. The molecule has 0 saturated heterocycles. The Morgan fingerprint density at radius 3 is 2.68 bits per heavy atom. The van der Waals surface area contributed by atoms with Gasteiger partial charge in [-0.2, -0.15) is 0 Å². The predicted octanol–water partition coefficient (Wildman–Crippen LogP) is 4.48. The summed E-state index contributed by atoms with van der Waals surface area (Å²) in [5, 5.41) is 0. The second-order valence-corrected chi connectivity index (χ2v) is 6.77. The van der Waals surface area contributed by atoms with Gasteiger partial charge in [-0.25, -0.2) is 4.39 Å². The van der Waals surface area contributed by atoms with Crippen LogP contribution in [0.4, 0.5) is 4.39 Å². The van der Waals surface area contributed by atoms with Gasteiger partial charge in [0.15, 0.2) is 0 Å². The van der Waals surface area contributed by atoms with E-state index in [4.69, 9.17) is 4.74 Å². The van der Waals surface area contributed by atoms with Crippen molar-refractivity contribution in [1.29, 1.82) is 0 Å². The number of nitrogens with zero attached hydrogens (tertiary/aromatic N) is 1. The average Bonchev–Trinajstić information content (AvgIpc) is 2.63. The van der Waals surface area contributed by atoms with Gasteiger partial charge < -0.3 is 4.74 Å². The number of hydrogen-bond donors (Lipinski definition) is 0. The molecule has 0 spiro atoms. The van der Waals surface area contributed by atoms with E-state index in [0.717, 1.165) is 11.3 Å². The van der Waals surface area contributed by atoms with Gasteiger partial charge in [0.25, 0.3) is 0 Å². The Morgan fingerprint density at radius 1 is 1.24 bits per heavy atom. The quantitative estimate of drug-likeness (QED) is 0.753. The molecule has 1 aromatic heterocycles. The normalized spacial score (nSPS) is 26.2. The van der Waals surface area contributed by atoms with Crippen LogP contribution in [0, 0.1) is 5.92 Å². The smallest absolute Gasteiger partial charge is 0.309 e. The maximum atomic E-state index is 15.6. The average molecular weight is 341 g/mol. The molecule has 0 unspecified atom stereocenters. The zero-order chi connectivity index (χ0) is 17.7. The van der Waals surface area contributed by atoms with Crippen molar-refractivity contribution in [2.24, 2.45) is 5.92 Å². The Hall–Kier alpha value is -2.23. The maximum Gasteiger partial charge on any atom is 0.309 e. The lowest BCUT2D eigenvalue weighted by Crippen LogP contribution is -2.40. The van der Waals surface area contributed by atoms with Gasteiger partial charge in [0, 0.05) is 24.2 Å². The number of carbonyl (C=O) groups excluding carboxylic acids is 1. The first kappa shape index (κ1) is 17.6. The molecule has 3 rings (SSSR count). The zero-order valence-corrected chi connectivity index (χ0v) is 14.5. The number of rotatable bonds is 5. The van der Waals surface area contributed by atoms with Gasteiger partial charge in [-0.15, -0.1) is 0 Å². The first-order chi connectivity index (χ1) is 12.1. The van der Waals surface area contributed by atoms with E-state index >= 15 is 4.39 Å². The van der Waals surface area contributed by atoms with Crippen LogP contribution in [0.5, 0.6) is 0 Å². The fourth-order valence-electron chi connectivity index (χ4n) is 3.82. The van der Waals surface area contributed by atoms with Crippen LogP contribution in [0.3, 0.4) is 0 Å². The number of ether oxygens (including phenoxy) is 1. The number of esters is 1. The summed E-state index contributed by atoms with van der Waals surface area (Å²) in [5.74, 6) is -0.658. The van der Waals surface area contributed by atoms with E-state index < -0.39 is 5.67 Å². The fourth-order valence-corrected chi connectivity index (χ4v) is 3.82. The van der Waals surface area contributed by atoms with E-state index in [-0.39, 0.29) is 24.2 Å². The molecule has 25 heavy (non-hydrogen) atoms. The van der Waals surface area contributed by atoms with Gasteiger partial charge in [-0.3, -0.25) is 9.78 Å². The van der Waals surface area contributed by atoms with Crippen molar-refractivity contribution in [2.75, 3.05) is 6.61 Å². The summed E-state index contributed by atoms with van der Waals surface area (Å²) in [6, 6.07) is 15.3. The van der Waals surface area contributed by atoms with Crippen LogP contribution >= 0.6 is 0 Å². The lowest BCUT2D eigenvalue weighted by atomic mass is 9.68. The molecule has 2 aromatic rings. The van der Waals surface area contributed by atoms with Crippen molar-refractivity contribution in [3.63, 3.8) is 0 Å². The molecule has 0 bridgehead atoms. The Balaban J connectivity index is 1.84. The lowest BCUT2D eigenvalue weighted by molar-refractivity contribution is -0.151. The highest BCUT2D eigenvalue weighted by Crippen LogP contribution is 2.46. The van der Waals surface area contributed by atoms with E-state index in [1.165, 1.54) is 0 Å². The molecule has 1 fully saturated rings. The second kappa shape index (κ2) is 7.77. The molecular weight excluding hydrogens is 317 g/mol. The highest BCUT2D eigenvalue weighted by Gasteiger charge is 2.45. The van der Waals surface area contributed by atoms with Gasteiger partial charge in [-0.1, -0.05) is 36.4 Å². The number of pyridine rings is 1. The molecule has 1 saturated carbocycles. The summed E-state index contributed by atoms with van der Waals surface area (Å²) in [7, 11) is 0. The first-order valence-corrected chi connectivity index (χ1v) is 8.92. The number of halogens is 1. The van der Waals surface area contributed by atoms with Crippen molar-refractivity contribution in [2.45, 2.75) is 44.2 Å². The van der Waals surface area contributed by atoms with Crippen LogP contribution in [0.2, 0.25) is 0 Å². The summed E-state index contributed by atoms with van der Waals surface area (Å²) >= 11 is 0. The van der Waals surface area contributed by atoms with Crippen LogP contribution in [-0.2, 0) is 16.0 Å². The zero-order valence-electron chi connectivity index (χ0n) is 14.5. The number of carbonyl (C=O) groups is 1. The van der Waals surface area contributed by atoms with Gasteiger partial charge in [0.05, 0.1) is 12.5 Å². The predicted molar refractivity (Wildman–Crippen MR) is 94.9 cm³/mol. The topological polar surface area (TPSA) is 39.2 Å². The van der Waals surface area contributed by atoms with E-state index in [0.29, 0.717) is 25.9 Å². The van der Waals surface area contributed by atoms with E-state index in [1.807, 2.05) is 48.5 Å². The first-order valence-electron chi connectivity index (χ1n) is 8.92. The molecule has 1 aliphatic carbocycles. The summed E-state index contributed by atoms with van der Waals surface area (Å²) in [6.07, 6.45) is 3.15. The third-order valence-electron chi connectivity index (χ3n) is 5.02. The molecule has 0 radical (unpaired) electrons. The van der Waals surface area contributed by atoms with Crippen molar-refractivity contribution < 1.29 is 13.9 Å².